The van der Waals surface area contributed by atoms with Gasteiger partial charge >= 0.3 is 6.09 Å². The lowest BCUT2D eigenvalue weighted by Crippen LogP contribution is -2.39. The van der Waals surface area contributed by atoms with Gasteiger partial charge < -0.3 is 15.8 Å². The lowest BCUT2D eigenvalue weighted by atomic mass is 10.1. The first-order chi connectivity index (χ1) is 8.61. The SMILES string of the molecule is CCC(C)OC(=O)NCC(N)Cc1ccccc1. The van der Waals surface area contributed by atoms with Crippen molar-refractivity contribution in [1.29, 1.82) is 0 Å². The van der Waals surface area contributed by atoms with Crippen LogP contribution in [0.15, 0.2) is 30.3 Å². The predicted molar refractivity (Wildman–Crippen MR) is 72.4 cm³/mol. The monoisotopic (exact) mass is 250 g/mol. The maximum Gasteiger partial charge on any atom is 0.407 e. The lowest BCUT2D eigenvalue weighted by Gasteiger charge is -2.15. The minimum Gasteiger partial charge on any atom is -0.447 e. The minimum absolute atomic E-state index is 0.0599. The van der Waals surface area contributed by atoms with Gasteiger partial charge in [0, 0.05) is 12.6 Å². The van der Waals surface area contributed by atoms with Gasteiger partial charge in [-0.25, -0.2) is 4.79 Å². The van der Waals surface area contributed by atoms with Gasteiger partial charge in [-0.15, -0.1) is 0 Å². The normalized spacial score (nSPS) is 13.7. The molecular formula is C14H22N2O2. The molecule has 0 bridgehead atoms. The van der Waals surface area contributed by atoms with Gasteiger partial charge in [0.05, 0.1) is 0 Å². The van der Waals surface area contributed by atoms with Gasteiger partial charge in [-0.05, 0) is 25.3 Å². The fourth-order valence-electron chi connectivity index (χ4n) is 1.51. The fraction of sp³-hybridized carbons (Fsp3) is 0.500. The third-order valence-electron chi connectivity index (χ3n) is 2.73. The topological polar surface area (TPSA) is 64.3 Å². The van der Waals surface area contributed by atoms with Crippen LogP contribution in [-0.2, 0) is 11.2 Å². The summed E-state index contributed by atoms with van der Waals surface area (Å²) in [5, 5.41) is 2.68. The highest BCUT2D eigenvalue weighted by Gasteiger charge is 2.09. The molecule has 0 radical (unpaired) electrons. The number of nitrogens with one attached hydrogen (secondary N) is 1. The van der Waals surface area contributed by atoms with E-state index in [0.717, 1.165) is 12.8 Å². The Balaban J connectivity index is 2.25. The number of carbonyl (C=O) groups excluding carboxylic acids is 1. The summed E-state index contributed by atoms with van der Waals surface area (Å²) in [6.45, 7) is 4.26. The number of nitrogens with two attached hydrogens (primary N) is 1. The molecule has 0 aromatic heterocycles. The number of amides is 1. The summed E-state index contributed by atoms with van der Waals surface area (Å²) in [6.07, 6.45) is 1.09. The first-order valence-electron chi connectivity index (χ1n) is 6.35. The maximum absolute atomic E-state index is 11.4. The first-order valence-corrected chi connectivity index (χ1v) is 6.35. The molecule has 4 nitrogen and oxygen atoms in total. The molecule has 18 heavy (non-hydrogen) atoms. The van der Waals surface area contributed by atoms with E-state index in [9.17, 15) is 4.79 Å². The van der Waals surface area contributed by atoms with E-state index >= 15 is 0 Å². The van der Waals surface area contributed by atoms with E-state index in [1.807, 2.05) is 44.2 Å². The van der Waals surface area contributed by atoms with Crippen molar-refractivity contribution in [3.63, 3.8) is 0 Å². The number of hydrogen-bond acceptors (Lipinski definition) is 3. The van der Waals surface area contributed by atoms with E-state index in [1.54, 1.807) is 0 Å². The van der Waals surface area contributed by atoms with E-state index < -0.39 is 6.09 Å². The van der Waals surface area contributed by atoms with E-state index in [1.165, 1.54) is 5.56 Å². The Labute approximate surface area is 109 Å². The fourth-order valence-corrected chi connectivity index (χ4v) is 1.51. The smallest absolute Gasteiger partial charge is 0.407 e. The highest BCUT2D eigenvalue weighted by atomic mass is 16.6. The quantitative estimate of drug-likeness (QED) is 0.812. The van der Waals surface area contributed by atoms with Gasteiger partial charge in [0.25, 0.3) is 0 Å². The largest absolute Gasteiger partial charge is 0.447 e. The third kappa shape index (κ3) is 5.68. The Kier molecular flexibility index (Phi) is 6.22. The Bertz CT molecular complexity index is 354. The van der Waals surface area contributed by atoms with Crippen LogP contribution < -0.4 is 11.1 Å². The van der Waals surface area contributed by atoms with Gasteiger partial charge in [-0.1, -0.05) is 37.3 Å². The van der Waals surface area contributed by atoms with Crippen molar-refractivity contribution in [2.45, 2.75) is 38.8 Å². The van der Waals surface area contributed by atoms with Crippen LogP contribution in [0.2, 0.25) is 0 Å². The molecule has 1 rings (SSSR count). The number of benzene rings is 1. The predicted octanol–water partition coefficient (Wildman–Crippen LogP) is 2.08. The number of hydrogen-bond donors (Lipinski definition) is 2. The number of carbonyl (C=O) groups is 1. The molecule has 2 unspecified atom stereocenters. The molecule has 4 heteroatoms. The molecule has 1 amide bonds. The highest BCUT2D eigenvalue weighted by Crippen LogP contribution is 2.01. The van der Waals surface area contributed by atoms with E-state index in [2.05, 4.69) is 5.32 Å². The molecule has 3 N–H and O–H groups in total. The number of alkyl carbamates (subject to hydrolysis) is 1. The van der Waals surface area contributed by atoms with Crippen LogP contribution in [0, 0.1) is 0 Å². The molecule has 0 aliphatic heterocycles. The van der Waals surface area contributed by atoms with Crippen LogP contribution in [0.3, 0.4) is 0 Å². The molecular weight excluding hydrogens is 228 g/mol. The second-order valence-corrected chi connectivity index (χ2v) is 4.45. The number of ether oxygens (including phenoxy) is 1. The number of rotatable bonds is 6. The molecule has 1 aromatic rings. The highest BCUT2D eigenvalue weighted by molar-refractivity contribution is 5.67. The summed E-state index contributed by atoms with van der Waals surface area (Å²) < 4.78 is 5.09. The molecule has 0 spiro atoms. The van der Waals surface area contributed by atoms with Crippen molar-refractivity contribution in [3.05, 3.63) is 35.9 Å². The van der Waals surface area contributed by atoms with Crippen LogP contribution in [0.4, 0.5) is 4.79 Å². The van der Waals surface area contributed by atoms with Crippen molar-refractivity contribution >= 4 is 6.09 Å². The summed E-state index contributed by atoms with van der Waals surface area (Å²) >= 11 is 0. The Morgan fingerprint density at radius 3 is 2.67 bits per heavy atom. The van der Waals surface area contributed by atoms with Crippen LogP contribution in [0.5, 0.6) is 0 Å². The average Bonchev–Trinajstić information content (AvgIpc) is 2.37. The average molecular weight is 250 g/mol. The summed E-state index contributed by atoms with van der Waals surface area (Å²) in [6, 6.07) is 9.88. The van der Waals surface area contributed by atoms with Crippen molar-refractivity contribution in [2.24, 2.45) is 5.73 Å². The molecule has 0 aliphatic rings. The van der Waals surface area contributed by atoms with Crippen molar-refractivity contribution in [2.75, 3.05) is 6.54 Å². The third-order valence-corrected chi connectivity index (χ3v) is 2.73. The van der Waals surface area contributed by atoms with E-state index in [0.29, 0.717) is 6.54 Å². The molecule has 2 atom stereocenters. The standard InChI is InChI=1S/C14H22N2O2/c1-3-11(2)18-14(17)16-10-13(15)9-12-7-5-4-6-8-12/h4-8,11,13H,3,9-10,15H2,1-2H3,(H,16,17). The minimum atomic E-state index is -0.395. The summed E-state index contributed by atoms with van der Waals surface area (Å²) in [7, 11) is 0. The van der Waals surface area contributed by atoms with Gasteiger partial charge in [-0.2, -0.15) is 0 Å². The van der Waals surface area contributed by atoms with Crippen LogP contribution in [0.25, 0.3) is 0 Å². The summed E-state index contributed by atoms with van der Waals surface area (Å²) in [5.74, 6) is 0. The van der Waals surface area contributed by atoms with Gasteiger partial charge in [0.1, 0.15) is 6.10 Å². The summed E-state index contributed by atoms with van der Waals surface area (Å²) in [5.41, 5.74) is 7.12. The van der Waals surface area contributed by atoms with E-state index in [4.69, 9.17) is 10.5 Å². The molecule has 100 valence electrons. The second kappa shape index (κ2) is 7.71. The van der Waals surface area contributed by atoms with Crippen molar-refractivity contribution in [3.8, 4) is 0 Å². The molecule has 0 saturated heterocycles. The molecule has 0 saturated carbocycles. The van der Waals surface area contributed by atoms with E-state index in [-0.39, 0.29) is 12.1 Å². The molecule has 0 fully saturated rings. The first kappa shape index (κ1) is 14.5. The molecule has 1 aromatic carbocycles. The van der Waals surface area contributed by atoms with Crippen LogP contribution in [0.1, 0.15) is 25.8 Å². The Hall–Kier alpha value is -1.55. The van der Waals surface area contributed by atoms with Gasteiger partial charge in [0.15, 0.2) is 0 Å². The maximum atomic E-state index is 11.4. The van der Waals surface area contributed by atoms with Gasteiger partial charge in [0.2, 0.25) is 0 Å². The zero-order valence-corrected chi connectivity index (χ0v) is 11.1. The van der Waals surface area contributed by atoms with Crippen LogP contribution in [-0.4, -0.2) is 24.8 Å². The van der Waals surface area contributed by atoms with Gasteiger partial charge in [-0.3, -0.25) is 0 Å². The lowest BCUT2D eigenvalue weighted by molar-refractivity contribution is 0.104. The van der Waals surface area contributed by atoms with Crippen molar-refractivity contribution in [1.82, 2.24) is 5.32 Å². The van der Waals surface area contributed by atoms with Crippen molar-refractivity contribution < 1.29 is 9.53 Å². The van der Waals surface area contributed by atoms with Crippen LogP contribution >= 0.6 is 0 Å². The summed E-state index contributed by atoms with van der Waals surface area (Å²) in [4.78, 5) is 11.4. The Morgan fingerprint density at radius 2 is 2.06 bits per heavy atom. The Morgan fingerprint density at radius 1 is 1.39 bits per heavy atom. The molecule has 0 aliphatic carbocycles. The molecule has 0 heterocycles. The second-order valence-electron chi connectivity index (χ2n) is 4.45. The zero-order valence-electron chi connectivity index (χ0n) is 11.1. The zero-order chi connectivity index (χ0) is 13.4.